The first-order valence-corrected chi connectivity index (χ1v) is 9.12. The molecule has 1 heterocycles. The first-order chi connectivity index (χ1) is 13.3. The van der Waals surface area contributed by atoms with E-state index in [4.69, 9.17) is 4.74 Å². The average molecular weight is 391 g/mol. The van der Waals surface area contributed by atoms with Gasteiger partial charge in [0.25, 0.3) is 5.91 Å². The zero-order valence-electron chi connectivity index (χ0n) is 15.9. The number of fused-ring (bicyclic) bond motifs is 1. The highest BCUT2D eigenvalue weighted by Gasteiger charge is 2.27. The van der Waals surface area contributed by atoms with Gasteiger partial charge in [-0.15, -0.1) is 0 Å². The van der Waals surface area contributed by atoms with Crippen LogP contribution in [-0.2, 0) is 14.4 Å². The predicted octanol–water partition coefficient (Wildman–Crippen LogP) is 0.299. The Hall–Kier alpha value is -3.10. The maximum Gasteiger partial charge on any atom is 0.326 e. The summed E-state index contributed by atoms with van der Waals surface area (Å²) in [7, 11) is 0. The number of carbonyl (C=O) groups is 4. The molecule has 1 aliphatic rings. The highest BCUT2D eigenvalue weighted by molar-refractivity contribution is 5.99. The van der Waals surface area contributed by atoms with Crippen LogP contribution >= 0.6 is 0 Å². The van der Waals surface area contributed by atoms with E-state index in [1.807, 2.05) is 0 Å². The van der Waals surface area contributed by atoms with Gasteiger partial charge in [-0.1, -0.05) is 26.0 Å². The Balaban J connectivity index is 2.27. The van der Waals surface area contributed by atoms with Gasteiger partial charge < -0.3 is 25.8 Å². The molecule has 0 aromatic heterocycles. The van der Waals surface area contributed by atoms with Crippen molar-refractivity contribution < 1.29 is 29.0 Å². The number of hydrogen-bond acceptors (Lipinski definition) is 5. The van der Waals surface area contributed by atoms with Gasteiger partial charge in [0.2, 0.25) is 11.8 Å². The maximum atomic E-state index is 12.5. The number of rotatable bonds is 2. The van der Waals surface area contributed by atoms with Crippen LogP contribution < -0.4 is 20.7 Å². The Morgan fingerprint density at radius 3 is 2.57 bits per heavy atom. The van der Waals surface area contributed by atoms with Crippen molar-refractivity contribution in [2.24, 2.45) is 5.92 Å². The third-order valence-electron chi connectivity index (χ3n) is 4.32. The lowest BCUT2D eigenvalue weighted by atomic mass is 10.0. The third-order valence-corrected chi connectivity index (χ3v) is 4.32. The van der Waals surface area contributed by atoms with Gasteiger partial charge in [-0.3, -0.25) is 14.4 Å². The van der Waals surface area contributed by atoms with Crippen molar-refractivity contribution in [2.75, 3.05) is 13.2 Å². The van der Waals surface area contributed by atoms with Gasteiger partial charge in [0.1, 0.15) is 24.4 Å². The van der Waals surface area contributed by atoms with E-state index in [2.05, 4.69) is 16.0 Å². The number of para-hydroxylation sites is 1. The van der Waals surface area contributed by atoms with Crippen LogP contribution in [0.4, 0.5) is 0 Å². The summed E-state index contributed by atoms with van der Waals surface area (Å²) in [6.45, 7) is 3.89. The number of amides is 3. The largest absolute Gasteiger partial charge is 0.491 e. The van der Waals surface area contributed by atoms with E-state index in [1.54, 1.807) is 32.0 Å². The van der Waals surface area contributed by atoms with Crippen molar-refractivity contribution in [3.63, 3.8) is 0 Å². The Morgan fingerprint density at radius 1 is 1.18 bits per heavy atom. The predicted molar refractivity (Wildman–Crippen MR) is 99.8 cm³/mol. The number of benzene rings is 1. The molecule has 0 saturated carbocycles. The van der Waals surface area contributed by atoms with Gasteiger partial charge in [0.05, 0.1) is 12.1 Å². The van der Waals surface area contributed by atoms with E-state index in [0.29, 0.717) is 0 Å². The molecular formula is C19H25N3O6. The van der Waals surface area contributed by atoms with Crippen molar-refractivity contribution in [2.45, 2.75) is 38.8 Å². The molecule has 0 fully saturated rings. The zero-order chi connectivity index (χ0) is 20.7. The molecule has 0 aliphatic carbocycles. The molecule has 0 saturated heterocycles. The number of ether oxygens (including phenoxy) is 1. The number of hydrogen-bond donors (Lipinski definition) is 4. The van der Waals surface area contributed by atoms with Crippen molar-refractivity contribution in [3.05, 3.63) is 29.8 Å². The molecule has 1 aromatic carbocycles. The minimum Gasteiger partial charge on any atom is -0.491 e. The van der Waals surface area contributed by atoms with Gasteiger partial charge in [0.15, 0.2) is 0 Å². The zero-order valence-corrected chi connectivity index (χ0v) is 15.9. The summed E-state index contributed by atoms with van der Waals surface area (Å²) in [4.78, 5) is 48.6. The maximum absolute atomic E-state index is 12.5. The van der Waals surface area contributed by atoms with E-state index in [9.17, 15) is 24.3 Å². The molecule has 0 bridgehead atoms. The summed E-state index contributed by atoms with van der Waals surface area (Å²) in [5.41, 5.74) is 0.180. The third kappa shape index (κ3) is 5.70. The first-order valence-electron chi connectivity index (χ1n) is 9.12. The molecule has 0 spiro atoms. The van der Waals surface area contributed by atoms with Gasteiger partial charge in [-0.2, -0.15) is 0 Å². The van der Waals surface area contributed by atoms with Crippen LogP contribution in [0.25, 0.3) is 0 Å². The molecule has 9 heteroatoms. The molecule has 9 nitrogen and oxygen atoms in total. The fourth-order valence-electron chi connectivity index (χ4n) is 2.77. The van der Waals surface area contributed by atoms with Crippen LogP contribution in [0.15, 0.2) is 24.3 Å². The first kappa shape index (κ1) is 21.2. The van der Waals surface area contributed by atoms with Crippen molar-refractivity contribution in [3.8, 4) is 5.75 Å². The molecule has 2 rings (SSSR count). The van der Waals surface area contributed by atoms with Crippen molar-refractivity contribution in [1.29, 1.82) is 0 Å². The second-order valence-corrected chi connectivity index (χ2v) is 6.83. The number of nitrogens with one attached hydrogen (secondary N) is 3. The Morgan fingerprint density at radius 2 is 1.89 bits per heavy atom. The molecule has 28 heavy (non-hydrogen) atoms. The van der Waals surface area contributed by atoms with E-state index in [-0.39, 0.29) is 49.1 Å². The summed E-state index contributed by atoms with van der Waals surface area (Å²) in [5.74, 6) is -2.54. The van der Waals surface area contributed by atoms with Gasteiger partial charge in [-0.05, 0) is 24.5 Å². The Labute approximate surface area is 162 Å². The molecule has 0 radical (unpaired) electrons. The number of aliphatic carboxylic acids is 1. The van der Waals surface area contributed by atoms with Gasteiger partial charge >= 0.3 is 5.97 Å². The summed E-state index contributed by atoms with van der Waals surface area (Å²) in [6, 6.07) is 4.43. The number of carboxylic acids is 1. The number of carboxylic acid groups (broad SMARTS) is 1. The number of carbonyl (C=O) groups excluding carboxylic acids is 3. The fraction of sp³-hybridized carbons (Fsp3) is 0.474. The quantitative estimate of drug-likeness (QED) is 0.573. The SMILES string of the molecule is CC(C)[C@@H]1NC(=O)CC[C@@H](C(=O)O)NC(=O)c2ccccc2OCCNC1=O. The van der Waals surface area contributed by atoms with Crippen LogP contribution in [0.5, 0.6) is 5.75 Å². The molecule has 1 aromatic rings. The monoisotopic (exact) mass is 391 g/mol. The van der Waals surface area contributed by atoms with Crippen LogP contribution in [0.2, 0.25) is 0 Å². The minimum atomic E-state index is -1.25. The normalized spacial score (nSPS) is 21.9. The standard InChI is InChI=1S/C19H25N3O6/c1-11(2)16-18(25)20-9-10-28-14-6-4-3-5-12(14)17(24)21-13(19(26)27)7-8-15(23)22-16/h3-6,11,13,16H,7-10H2,1-2H3,(H,20,25)(H,21,24)(H,22,23)(H,26,27)/t13-,16-/m0/s1. The van der Waals surface area contributed by atoms with E-state index in [1.165, 1.54) is 6.07 Å². The lowest BCUT2D eigenvalue weighted by Gasteiger charge is -2.22. The second kappa shape index (κ2) is 9.72. The molecule has 0 unspecified atom stereocenters. The summed E-state index contributed by atoms with van der Waals surface area (Å²) in [5, 5.41) is 17.1. The summed E-state index contributed by atoms with van der Waals surface area (Å²) < 4.78 is 5.58. The lowest BCUT2D eigenvalue weighted by molar-refractivity contribution is -0.139. The molecular weight excluding hydrogens is 366 g/mol. The van der Waals surface area contributed by atoms with Crippen molar-refractivity contribution >= 4 is 23.7 Å². The van der Waals surface area contributed by atoms with Crippen molar-refractivity contribution in [1.82, 2.24) is 16.0 Å². The molecule has 3 amide bonds. The van der Waals surface area contributed by atoms with Gasteiger partial charge in [0, 0.05) is 6.42 Å². The van der Waals surface area contributed by atoms with Gasteiger partial charge in [-0.25, -0.2) is 4.79 Å². The van der Waals surface area contributed by atoms with Crippen LogP contribution in [0.1, 0.15) is 37.0 Å². The van der Waals surface area contributed by atoms with Crippen LogP contribution in [-0.4, -0.2) is 54.0 Å². The highest BCUT2D eigenvalue weighted by Crippen LogP contribution is 2.18. The minimum absolute atomic E-state index is 0.108. The molecule has 2 atom stereocenters. The average Bonchev–Trinajstić information content (AvgIpc) is 2.65. The molecule has 1 aliphatic heterocycles. The second-order valence-electron chi connectivity index (χ2n) is 6.83. The fourth-order valence-corrected chi connectivity index (χ4v) is 2.77. The topological polar surface area (TPSA) is 134 Å². The van der Waals surface area contributed by atoms with E-state index < -0.39 is 29.9 Å². The summed E-state index contributed by atoms with van der Waals surface area (Å²) in [6.07, 6.45) is -0.256. The lowest BCUT2D eigenvalue weighted by Crippen LogP contribution is -2.50. The van der Waals surface area contributed by atoms with Crippen LogP contribution in [0, 0.1) is 5.92 Å². The summed E-state index contributed by atoms with van der Waals surface area (Å²) >= 11 is 0. The Kier molecular flexibility index (Phi) is 7.36. The Bertz CT molecular complexity index is 749. The van der Waals surface area contributed by atoms with Crippen LogP contribution in [0.3, 0.4) is 0 Å². The smallest absolute Gasteiger partial charge is 0.326 e. The van der Waals surface area contributed by atoms with E-state index in [0.717, 1.165) is 0 Å². The van der Waals surface area contributed by atoms with E-state index >= 15 is 0 Å². The highest BCUT2D eigenvalue weighted by atomic mass is 16.5. The molecule has 4 N–H and O–H groups in total. The molecule has 152 valence electrons.